The molecule has 1 unspecified atom stereocenters. The average molecular weight is 371 g/mol. The number of hydrazine groups is 1. The molecule has 0 bridgehead atoms. The van der Waals surface area contributed by atoms with E-state index in [0.29, 0.717) is 6.42 Å². The van der Waals surface area contributed by atoms with E-state index >= 15 is 0 Å². The Balaban J connectivity index is 1.68. The topological polar surface area (TPSA) is 145 Å². The first-order chi connectivity index (χ1) is 11.7. The van der Waals surface area contributed by atoms with E-state index < -0.39 is 33.2 Å². The molecule has 0 spiro atoms. The summed E-state index contributed by atoms with van der Waals surface area (Å²) in [5, 5.41) is 10.5. The summed E-state index contributed by atoms with van der Waals surface area (Å²) in [7, 11) is -3.05. The molecule has 136 valence electrons. The lowest BCUT2D eigenvalue weighted by atomic mass is 10.1. The molecule has 0 saturated carbocycles. The quantitative estimate of drug-likeness (QED) is 0.526. The highest BCUT2D eigenvalue weighted by atomic mass is 32.2. The first kappa shape index (κ1) is 18.6. The Bertz CT molecular complexity index is 761. The molecule has 1 saturated heterocycles. The number of non-ortho nitro benzene ring substituents is 1. The van der Waals surface area contributed by atoms with Crippen molar-refractivity contribution in [3.63, 3.8) is 0 Å². The van der Waals surface area contributed by atoms with Gasteiger partial charge in [-0.1, -0.05) is 0 Å². The number of nitrogens with zero attached hydrogens (tertiary/aromatic N) is 1. The van der Waals surface area contributed by atoms with E-state index in [-0.39, 0.29) is 35.3 Å². The fourth-order valence-electron chi connectivity index (χ4n) is 2.33. The van der Waals surface area contributed by atoms with E-state index in [4.69, 9.17) is 4.74 Å². The zero-order chi connectivity index (χ0) is 18.4. The van der Waals surface area contributed by atoms with Gasteiger partial charge in [0.1, 0.15) is 5.75 Å². The maximum Gasteiger partial charge on any atom is 0.276 e. The Morgan fingerprint density at radius 2 is 1.84 bits per heavy atom. The summed E-state index contributed by atoms with van der Waals surface area (Å²) in [6.07, 6.45) is 0.454. The Kier molecular flexibility index (Phi) is 5.91. The number of carbonyl (C=O) groups is 2. The van der Waals surface area contributed by atoms with E-state index in [1.165, 1.54) is 24.3 Å². The van der Waals surface area contributed by atoms with Gasteiger partial charge in [0.2, 0.25) is 5.91 Å². The van der Waals surface area contributed by atoms with Crippen molar-refractivity contribution >= 4 is 27.3 Å². The second-order valence-corrected chi connectivity index (χ2v) is 7.84. The molecular weight excluding hydrogens is 354 g/mol. The Labute approximate surface area is 143 Å². The molecule has 1 fully saturated rings. The van der Waals surface area contributed by atoms with Crippen LogP contribution in [0.3, 0.4) is 0 Å². The minimum absolute atomic E-state index is 0.0162. The van der Waals surface area contributed by atoms with E-state index in [2.05, 4.69) is 10.9 Å². The Hall–Kier alpha value is -2.69. The van der Waals surface area contributed by atoms with E-state index in [9.17, 15) is 28.1 Å². The van der Waals surface area contributed by atoms with E-state index in [1.54, 1.807) is 0 Å². The van der Waals surface area contributed by atoms with E-state index in [1.807, 2.05) is 0 Å². The molecule has 1 heterocycles. The Morgan fingerprint density at radius 3 is 2.40 bits per heavy atom. The summed E-state index contributed by atoms with van der Waals surface area (Å²) in [6, 6.07) is 5.18. The molecule has 10 nitrogen and oxygen atoms in total. The number of nitro groups is 1. The number of rotatable bonds is 6. The molecule has 1 aromatic carbocycles. The normalized spacial score (nSPS) is 18.3. The van der Waals surface area contributed by atoms with Crippen molar-refractivity contribution < 1.29 is 27.7 Å². The van der Waals surface area contributed by atoms with E-state index in [0.717, 1.165) is 0 Å². The number of hydrogen-bond acceptors (Lipinski definition) is 7. The van der Waals surface area contributed by atoms with Gasteiger partial charge >= 0.3 is 0 Å². The fourth-order valence-corrected chi connectivity index (χ4v) is 4.20. The van der Waals surface area contributed by atoms with Gasteiger partial charge in [0.05, 0.1) is 16.4 Å². The average Bonchev–Trinajstić information content (AvgIpc) is 2.90. The van der Waals surface area contributed by atoms with Crippen LogP contribution in [-0.4, -0.2) is 43.3 Å². The lowest BCUT2D eigenvalue weighted by Crippen LogP contribution is -2.44. The van der Waals surface area contributed by atoms with Gasteiger partial charge in [0, 0.05) is 18.6 Å². The van der Waals surface area contributed by atoms with Crippen molar-refractivity contribution in [2.24, 2.45) is 5.92 Å². The van der Waals surface area contributed by atoms with Crippen molar-refractivity contribution in [2.75, 3.05) is 18.1 Å². The molecule has 1 atom stereocenters. The van der Waals surface area contributed by atoms with Crippen LogP contribution < -0.4 is 15.6 Å². The molecule has 2 amide bonds. The molecule has 0 radical (unpaired) electrons. The van der Waals surface area contributed by atoms with Gasteiger partial charge in [-0.25, -0.2) is 8.42 Å². The highest BCUT2D eigenvalue weighted by molar-refractivity contribution is 7.91. The molecule has 2 rings (SSSR count). The third-order valence-corrected chi connectivity index (χ3v) is 5.40. The number of hydrogen-bond donors (Lipinski definition) is 2. The van der Waals surface area contributed by atoms with Gasteiger partial charge in [0.15, 0.2) is 16.4 Å². The SMILES string of the molecule is O=C(COc1ccc([N+](=O)[O-])cc1)NNC(=O)CC1CCS(=O)(=O)C1. The zero-order valence-corrected chi connectivity index (χ0v) is 14.0. The molecular formula is C14H17N3O7S. The summed E-state index contributed by atoms with van der Waals surface area (Å²) in [5.74, 6) is -1.00. The van der Waals surface area contributed by atoms with Crippen molar-refractivity contribution in [1.82, 2.24) is 10.9 Å². The van der Waals surface area contributed by atoms with Gasteiger partial charge in [-0.15, -0.1) is 0 Å². The van der Waals surface area contributed by atoms with Crippen LogP contribution >= 0.6 is 0 Å². The number of carbonyl (C=O) groups excluding carboxylic acids is 2. The van der Waals surface area contributed by atoms with Crippen molar-refractivity contribution in [3.05, 3.63) is 34.4 Å². The molecule has 0 aromatic heterocycles. The molecule has 1 aliphatic rings. The predicted octanol–water partition coefficient (Wildman–Crippen LogP) is -0.0542. The molecule has 1 aromatic rings. The molecule has 2 N–H and O–H groups in total. The minimum Gasteiger partial charge on any atom is -0.484 e. The highest BCUT2D eigenvalue weighted by Gasteiger charge is 2.29. The monoisotopic (exact) mass is 371 g/mol. The van der Waals surface area contributed by atoms with Crippen LogP contribution in [0.2, 0.25) is 0 Å². The number of benzene rings is 1. The molecule has 1 aliphatic heterocycles. The summed E-state index contributed by atoms with van der Waals surface area (Å²) < 4.78 is 27.8. The molecule has 25 heavy (non-hydrogen) atoms. The first-order valence-electron chi connectivity index (χ1n) is 7.40. The zero-order valence-electron chi connectivity index (χ0n) is 13.1. The van der Waals surface area contributed by atoms with Crippen LogP contribution in [0.25, 0.3) is 0 Å². The summed E-state index contributed by atoms with van der Waals surface area (Å²) >= 11 is 0. The number of amides is 2. The smallest absolute Gasteiger partial charge is 0.276 e. The van der Waals surface area contributed by atoms with Gasteiger partial charge in [-0.3, -0.25) is 30.6 Å². The second kappa shape index (κ2) is 7.92. The summed E-state index contributed by atoms with van der Waals surface area (Å²) in [4.78, 5) is 33.2. The van der Waals surface area contributed by atoms with Crippen LogP contribution in [-0.2, 0) is 19.4 Å². The van der Waals surface area contributed by atoms with Crippen molar-refractivity contribution in [2.45, 2.75) is 12.8 Å². The first-order valence-corrected chi connectivity index (χ1v) is 9.23. The van der Waals surface area contributed by atoms with Crippen molar-refractivity contribution in [3.8, 4) is 5.75 Å². The largest absolute Gasteiger partial charge is 0.484 e. The number of nitrogens with one attached hydrogen (secondary N) is 2. The Morgan fingerprint density at radius 1 is 1.20 bits per heavy atom. The lowest BCUT2D eigenvalue weighted by molar-refractivity contribution is -0.384. The lowest BCUT2D eigenvalue weighted by Gasteiger charge is -2.10. The van der Waals surface area contributed by atoms with Crippen LogP contribution in [0.1, 0.15) is 12.8 Å². The maximum atomic E-state index is 11.7. The number of sulfone groups is 1. The minimum atomic E-state index is -3.05. The van der Waals surface area contributed by atoms with Gasteiger partial charge in [-0.2, -0.15) is 0 Å². The fraction of sp³-hybridized carbons (Fsp3) is 0.429. The third-order valence-electron chi connectivity index (χ3n) is 3.56. The van der Waals surface area contributed by atoms with Crippen LogP contribution in [0, 0.1) is 16.0 Å². The molecule has 0 aliphatic carbocycles. The second-order valence-electron chi connectivity index (χ2n) is 5.61. The van der Waals surface area contributed by atoms with Crippen LogP contribution in [0.15, 0.2) is 24.3 Å². The van der Waals surface area contributed by atoms with Crippen LogP contribution in [0.4, 0.5) is 5.69 Å². The van der Waals surface area contributed by atoms with Gasteiger partial charge in [-0.05, 0) is 24.5 Å². The van der Waals surface area contributed by atoms with Gasteiger partial charge < -0.3 is 4.74 Å². The van der Waals surface area contributed by atoms with Gasteiger partial charge in [0.25, 0.3) is 11.6 Å². The number of ether oxygens (including phenoxy) is 1. The summed E-state index contributed by atoms with van der Waals surface area (Å²) in [5.41, 5.74) is 4.25. The maximum absolute atomic E-state index is 11.7. The molecule has 11 heteroatoms. The standard InChI is InChI=1S/C14H17N3O7S/c18-13(7-10-5-6-25(22,23)9-10)15-16-14(19)8-24-12-3-1-11(2-4-12)17(20)21/h1-4,10H,5-9H2,(H,15,18)(H,16,19). The highest BCUT2D eigenvalue weighted by Crippen LogP contribution is 2.21. The van der Waals surface area contributed by atoms with Crippen LogP contribution in [0.5, 0.6) is 5.75 Å². The van der Waals surface area contributed by atoms with Crippen molar-refractivity contribution in [1.29, 1.82) is 0 Å². The third kappa shape index (κ3) is 6.03. The summed E-state index contributed by atoms with van der Waals surface area (Å²) in [6.45, 7) is -0.393. The number of nitro benzene ring substituents is 1. The predicted molar refractivity (Wildman–Crippen MR) is 86.3 cm³/mol.